The van der Waals surface area contributed by atoms with E-state index in [0.29, 0.717) is 0 Å². The number of aliphatic carboxylic acids is 1. The van der Waals surface area contributed by atoms with Crippen LogP contribution in [0.15, 0.2) is 18.2 Å². The summed E-state index contributed by atoms with van der Waals surface area (Å²) in [6.45, 7) is 2.05. The third-order valence-electron chi connectivity index (χ3n) is 3.60. The van der Waals surface area contributed by atoms with Gasteiger partial charge in [0.05, 0.1) is 10.8 Å². The van der Waals surface area contributed by atoms with Crippen LogP contribution < -0.4 is 0 Å². The third kappa shape index (κ3) is 2.97. The van der Waals surface area contributed by atoms with E-state index in [1.54, 1.807) is 6.92 Å². The fraction of sp³-hybridized carbons (Fsp3) is 0.385. The molecule has 1 aromatic rings. The highest BCUT2D eigenvalue weighted by Gasteiger charge is 2.38. The molecule has 0 bridgehead atoms. The van der Waals surface area contributed by atoms with Gasteiger partial charge in [0.2, 0.25) is 0 Å². The highest BCUT2D eigenvalue weighted by atomic mass is 35.5. The number of hydrogen-bond donors (Lipinski definition) is 1. The van der Waals surface area contributed by atoms with Crippen molar-refractivity contribution in [1.29, 1.82) is 0 Å². The van der Waals surface area contributed by atoms with Crippen LogP contribution in [-0.4, -0.2) is 39.9 Å². The van der Waals surface area contributed by atoms with Gasteiger partial charge in [0.15, 0.2) is 0 Å². The summed E-state index contributed by atoms with van der Waals surface area (Å²) in [7, 11) is 0. The Bertz CT molecular complexity index is 619. The van der Waals surface area contributed by atoms with E-state index in [0.717, 1.165) is 6.07 Å². The minimum absolute atomic E-state index is 0.0507. The molecule has 1 aliphatic rings. The van der Waals surface area contributed by atoms with Crippen LogP contribution in [0.25, 0.3) is 0 Å². The van der Waals surface area contributed by atoms with Gasteiger partial charge in [0.25, 0.3) is 11.6 Å². The number of carboxylic acid groups (broad SMARTS) is 1. The summed E-state index contributed by atoms with van der Waals surface area (Å²) in [5.41, 5.74) is -0.457. The Morgan fingerprint density at radius 3 is 2.62 bits per heavy atom. The minimum atomic E-state index is -0.969. The fourth-order valence-electron chi connectivity index (χ4n) is 2.46. The van der Waals surface area contributed by atoms with Crippen molar-refractivity contribution in [3.8, 4) is 0 Å². The van der Waals surface area contributed by atoms with Gasteiger partial charge >= 0.3 is 5.97 Å². The van der Waals surface area contributed by atoms with Crippen molar-refractivity contribution in [1.82, 2.24) is 4.90 Å². The standard InChI is InChI=1S/C13H13ClN2O5/c1-7-5-15(6-10(7)13(18)19)12(17)9-3-2-8(14)4-11(9)16(20)21/h2-4,7,10H,5-6H2,1H3,(H,18,19)/t7-,10-/m1/s1. The monoisotopic (exact) mass is 312 g/mol. The first kappa shape index (κ1) is 15.2. The van der Waals surface area contributed by atoms with Gasteiger partial charge in [-0.15, -0.1) is 0 Å². The van der Waals surface area contributed by atoms with Crippen LogP contribution in [-0.2, 0) is 4.79 Å². The molecule has 0 saturated carbocycles. The molecule has 2 rings (SSSR count). The Labute approximate surface area is 125 Å². The van der Waals surface area contributed by atoms with E-state index < -0.39 is 22.7 Å². The first-order valence-electron chi connectivity index (χ1n) is 6.27. The molecule has 0 unspecified atom stereocenters. The van der Waals surface area contributed by atoms with Crippen molar-refractivity contribution in [3.63, 3.8) is 0 Å². The molecule has 7 nitrogen and oxygen atoms in total. The number of nitro benzene ring substituents is 1. The molecule has 0 aromatic heterocycles. The molecule has 8 heteroatoms. The molecule has 1 amide bonds. The lowest BCUT2D eigenvalue weighted by atomic mass is 9.99. The molecule has 1 fully saturated rings. The molecule has 1 saturated heterocycles. The Hall–Kier alpha value is -2.15. The van der Waals surface area contributed by atoms with Crippen molar-refractivity contribution in [2.75, 3.05) is 13.1 Å². The van der Waals surface area contributed by atoms with Crippen molar-refractivity contribution in [2.45, 2.75) is 6.92 Å². The average molecular weight is 313 g/mol. The number of nitrogens with zero attached hydrogens (tertiary/aromatic N) is 2. The Balaban J connectivity index is 2.30. The number of hydrogen-bond acceptors (Lipinski definition) is 4. The second-order valence-electron chi connectivity index (χ2n) is 5.05. The van der Waals surface area contributed by atoms with E-state index in [1.807, 2.05) is 0 Å². The Morgan fingerprint density at radius 1 is 1.43 bits per heavy atom. The number of carbonyl (C=O) groups excluding carboxylic acids is 1. The van der Waals surface area contributed by atoms with E-state index in [-0.39, 0.29) is 35.3 Å². The van der Waals surface area contributed by atoms with Gasteiger partial charge in [-0.2, -0.15) is 0 Å². The molecule has 0 aliphatic carbocycles. The maximum Gasteiger partial charge on any atom is 0.308 e. The van der Waals surface area contributed by atoms with Gasteiger partial charge in [-0.05, 0) is 18.1 Å². The Morgan fingerprint density at radius 2 is 2.10 bits per heavy atom. The zero-order valence-corrected chi connectivity index (χ0v) is 11.9. The van der Waals surface area contributed by atoms with Gasteiger partial charge in [0.1, 0.15) is 5.56 Å². The molecule has 2 atom stereocenters. The highest BCUT2D eigenvalue weighted by Crippen LogP contribution is 2.29. The van der Waals surface area contributed by atoms with Crippen molar-refractivity contribution in [2.24, 2.45) is 11.8 Å². The quantitative estimate of drug-likeness (QED) is 0.680. The largest absolute Gasteiger partial charge is 0.481 e. The molecule has 112 valence electrons. The number of carboxylic acids is 1. The van der Waals surface area contributed by atoms with E-state index in [1.165, 1.54) is 17.0 Å². The van der Waals surface area contributed by atoms with Crippen LogP contribution >= 0.6 is 11.6 Å². The van der Waals surface area contributed by atoms with E-state index in [4.69, 9.17) is 16.7 Å². The zero-order chi connectivity index (χ0) is 15.7. The van der Waals surface area contributed by atoms with Gasteiger partial charge in [0, 0.05) is 24.2 Å². The zero-order valence-electron chi connectivity index (χ0n) is 11.2. The van der Waals surface area contributed by atoms with Gasteiger partial charge in [-0.3, -0.25) is 19.7 Å². The maximum atomic E-state index is 12.4. The number of carbonyl (C=O) groups is 2. The summed E-state index contributed by atoms with van der Waals surface area (Å²) in [6.07, 6.45) is 0. The van der Waals surface area contributed by atoms with Crippen LogP contribution in [0.5, 0.6) is 0 Å². The van der Waals surface area contributed by atoms with Crippen LogP contribution in [0.4, 0.5) is 5.69 Å². The predicted octanol–water partition coefficient (Wildman–Crippen LogP) is 2.04. The molecule has 1 heterocycles. The maximum absolute atomic E-state index is 12.4. The number of amides is 1. The SMILES string of the molecule is C[C@@H]1CN(C(=O)c2ccc(Cl)cc2[N+](=O)[O-])C[C@H]1C(=O)O. The van der Waals surface area contributed by atoms with Crippen LogP contribution in [0.2, 0.25) is 5.02 Å². The number of halogens is 1. The lowest BCUT2D eigenvalue weighted by Gasteiger charge is -2.16. The van der Waals surface area contributed by atoms with E-state index in [9.17, 15) is 19.7 Å². The van der Waals surface area contributed by atoms with Crippen molar-refractivity contribution in [3.05, 3.63) is 38.9 Å². The van der Waals surface area contributed by atoms with Crippen molar-refractivity contribution >= 4 is 29.2 Å². The molecule has 1 N–H and O–H groups in total. The lowest BCUT2D eigenvalue weighted by Crippen LogP contribution is -2.30. The number of likely N-dealkylation sites (tertiary alicyclic amines) is 1. The molecule has 1 aliphatic heterocycles. The van der Waals surface area contributed by atoms with Gasteiger partial charge in [-0.25, -0.2) is 0 Å². The van der Waals surface area contributed by atoms with Crippen molar-refractivity contribution < 1.29 is 19.6 Å². The normalized spacial score (nSPS) is 21.3. The summed E-state index contributed by atoms with van der Waals surface area (Å²) < 4.78 is 0. The summed E-state index contributed by atoms with van der Waals surface area (Å²) in [4.78, 5) is 35.1. The lowest BCUT2D eigenvalue weighted by molar-refractivity contribution is -0.385. The number of rotatable bonds is 3. The molecule has 0 spiro atoms. The van der Waals surface area contributed by atoms with Crippen LogP contribution in [0, 0.1) is 22.0 Å². The highest BCUT2D eigenvalue weighted by molar-refractivity contribution is 6.31. The van der Waals surface area contributed by atoms with Crippen LogP contribution in [0.1, 0.15) is 17.3 Å². The molecule has 21 heavy (non-hydrogen) atoms. The average Bonchev–Trinajstić information content (AvgIpc) is 2.80. The van der Waals surface area contributed by atoms with E-state index >= 15 is 0 Å². The minimum Gasteiger partial charge on any atom is -0.481 e. The third-order valence-corrected chi connectivity index (χ3v) is 3.84. The molecular formula is C13H13ClN2O5. The topological polar surface area (TPSA) is 101 Å². The van der Waals surface area contributed by atoms with E-state index in [2.05, 4.69) is 0 Å². The van der Waals surface area contributed by atoms with Crippen LogP contribution in [0.3, 0.4) is 0 Å². The molecule has 0 radical (unpaired) electrons. The summed E-state index contributed by atoms with van der Waals surface area (Å²) in [5.74, 6) is -2.37. The Kier molecular flexibility index (Phi) is 4.13. The first-order valence-corrected chi connectivity index (χ1v) is 6.65. The smallest absolute Gasteiger partial charge is 0.308 e. The second kappa shape index (κ2) is 5.69. The molecule has 1 aromatic carbocycles. The fourth-order valence-corrected chi connectivity index (χ4v) is 2.63. The summed E-state index contributed by atoms with van der Waals surface area (Å²) in [5, 5.41) is 20.2. The van der Waals surface area contributed by atoms with Gasteiger partial charge < -0.3 is 10.0 Å². The number of nitro groups is 1. The van der Waals surface area contributed by atoms with Gasteiger partial charge in [-0.1, -0.05) is 18.5 Å². The second-order valence-corrected chi connectivity index (χ2v) is 5.49. The molecular weight excluding hydrogens is 300 g/mol. The number of benzene rings is 1. The predicted molar refractivity (Wildman–Crippen MR) is 74.3 cm³/mol. The first-order chi connectivity index (χ1) is 9.81. The summed E-state index contributed by atoms with van der Waals surface area (Å²) >= 11 is 5.71. The summed E-state index contributed by atoms with van der Waals surface area (Å²) in [6, 6.07) is 3.81.